The van der Waals surface area contributed by atoms with Gasteiger partial charge in [0, 0.05) is 12.0 Å². The Morgan fingerprint density at radius 2 is 1.84 bits per heavy atom. The molecule has 0 aliphatic heterocycles. The first-order chi connectivity index (χ1) is 11.7. The first kappa shape index (κ1) is 18.6. The highest BCUT2D eigenvalue weighted by molar-refractivity contribution is 5.76. The average molecular weight is 350 g/mol. The molecule has 0 radical (unpaired) electrons. The van der Waals surface area contributed by atoms with Crippen LogP contribution in [-0.4, -0.2) is 34.3 Å². The van der Waals surface area contributed by atoms with Gasteiger partial charge in [0.05, 0.1) is 6.42 Å². The van der Waals surface area contributed by atoms with E-state index in [-0.39, 0.29) is 24.5 Å². The second-order valence-electron chi connectivity index (χ2n) is 6.27. The minimum atomic E-state index is -0.635. The molecule has 134 valence electrons. The normalized spacial score (nSPS) is 11.2. The molecular weight excluding hydrogens is 331 g/mol. The third-order valence-corrected chi connectivity index (χ3v) is 2.88. The van der Waals surface area contributed by atoms with E-state index in [4.69, 9.17) is 14.0 Å². The first-order valence-electron chi connectivity index (χ1n) is 7.69. The molecule has 1 aromatic carbocycles. The van der Waals surface area contributed by atoms with E-state index < -0.39 is 24.1 Å². The third kappa shape index (κ3) is 6.33. The van der Waals surface area contributed by atoms with Crippen molar-refractivity contribution in [1.82, 2.24) is 10.1 Å². The van der Waals surface area contributed by atoms with Gasteiger partial charge in [-0.25, -0.2) is 9.18 Å². The van der Waals surface area contributed by atoms with Crippen molar-refractivity contribution in [2.24, 2.45) is 0 Å². The van der Waals surface area contributed by atoms with Gasteiger partial charge >= 0.3 is 11.9 Å². The minimum absolute atomic E-state index is 0.0200. The molecule has 0 unspecified atom stereocenters. The van der Waals surface area contributed by atoms with Crippen LogP contribution in [0.5, 0.6) is 0 Å². The summed E-state index contributed by atoms with van der Waals surface area (Å²) in [4.78, 5) is 27.2. The lowest BCUT2D eigenvalue weighted by Gasteiger charge is -2.19. The lowest BCUT2D eigenvalue weighted by molar-refractivity contribution is -0.166. The second kappa shape index (κ2) is 7.87. The van der Waals surface area contributed by atoms with Crippen molar-refractivity contribution >= 4 is 11.9 Å². The number of aromatic nitrogens is 2. The summed E-state index contributed by atoms with van der Waals surface area (Å²) < 4.78 is 27.8. The van der Waals surface area contributed by atoms with E-state index in [0.29, 0.717) is 11.4 Å². The summed E-state index contributed by atoms with van der Waals surface area (Å²) >= 11 is 0. The average Bonchev–Trinajstić information content (AvgIpc) is 2.99. The number of hydrogen-bond donors (Lipinski definition) is 0. The first-order valence-corrected chi connectivity index (χ1v) is 7.69. The highest BCUT2D eigenvalue weighted by atomic mass is 19.1. The summed E-state index contributed by atoms with van der Waals surface area (Å²) in [7, 11) is 0. The number of halogens is 1. The molecule has 7 nitrogen and oxygen atoms in total. The van der Waals surface area contributed by atoms with E-state index in [2.05, 4.69) is 10.1 Å². The van der Waals surface area contributed by atoms with Crippen molar-refractivity contribution in [3.8, 4) is 11.4 Å². The van der Waals surface area contributed by atoms with Crippen LogP contribution in [0.3, 0.4) is 0 Å². The molecule has 0 fully saturated rings. The number of carbonyl (C=O) groups excluding carboxylic acids is 2. The lowest BCUT2D eigenvalue weighted by atomic mass is 10.2. The van der Waals surface area contributed by atoms with Gasteiger partial charge in [-0.3, -0.25) is 4.79 Å². The Bertz CT molecular complexity index is 734. The molecule has 25 heavy (non-hydrogen) atoms. The molecule has 0 spiro atoms. The third-order valence-electron chi connectivity index (χ3n) is 2.88. The van der Waals surface area contributed by atoms with Gasteiger partial charge in [-0.05, 0) is 45.0 Å². The standard InChI is InChI=1S/C17H19FN2O5/c1-17(2,3)24-15(22)10-23-14(21)9-8-13-19-16(20-25-13)11-4-6-12(18)7-5-11/h4-7H,8-10H2,1-3H3. The van der Waals surface area contributed by atoms with Gasteiger partial charge in [-0.15, -0.1) is 0 Å². The number of hydrogen-bond acceptors (Lipinski definition) is 7. The maximum atomic E-state index is 12.9. The Hall–Kier alpha value is -2.77. The van der Waals surface area contributed by atoms with Gasteiger partial charge in [0.25, 0.3) is 0 Å². The highest BCUT2D eigenvalue weighted by Crippen LogP contribution is 2.16. The van der Waals surface area contributed by atoms with Crippen LogP contribution in [0.1, 0.15) is 33.1 Å². The summed E-state index contributed by atoms with van der Waals surface area (Å²) in [6.07, 6.45) is 0.148. The number of esters is 2. The predicted molar refractivity (Wildman–Crippen MR) is 84.8 cm³/mol. The van der Waals surface area contributed by atoms with Gasteiger partial charge in [0.1, 0.15) is 11.4 Å². The smallest absolute Gasteiger partial charge is 0.344 e. The van der Waals surface area contributed by atoms with Crippen molar-refractivity contribution in [2.45, 2.75) is 39.2 Å². The summed E-state index contributed by atoms with van der Waals surface area (Å²) in [5.41, 5.74) is -0.0341. The van der Waals surface area contributed by atoms with Crippen LogP contribution in [0.15, 0.2) is 28.8 Å². The van der Waals surface area contributed by atoms with Crippen LogP contribution in [0, 0.1) is 5.82 Å². The maximum absolute atomic E-state index is 12.9. The predicted octanol–water partition coefficient (Wildman–Crippen LogP) is 2.69. The van der Waals surface area contributed by atoms with Gasteiger partial charge in [0.2, 0.25) is 11.7 Å². The molecule has 0 bridgehead atoms. The van der Waals surface area contributed by atoms with Gasteiger partial charge in [0.15, 0.2) is 6.61 Å². The Balaban J connectivity index is 1.79. The largest absolute Gasteiger partial charge is 0.457 e. The van der Waals surface area contributed by atoms with Crippen molar-refractivity contribution < 1.29 is 28.0 Å². The Kier molecular flexibility index (Phi) is 5.84. The fraction of sp³-hybridized carbons (Fsp3) is 0.412. The van der Waals surface area contributed by atoms with E-state index in [1.807, 2.05) is 0 Å². The molecule has 2 aromatic rings. The van der Waals surface area contributed by atoms with Crippen LogP contribution < -0.4 is 0 Å². The molecule has 0 atom stereocenters. The lowest BCUT2D eigenvalue weighted by Crippen LogP contribution is -2.27. The fourth-order valence-corrected chi connectivity index (χ4v) is 1.86. The summed E-state index contributed by atoms with van der Waals surface area (Å²) in [6.45, 7) is 4.73. The van der Waals surface area contributed by atoms with E-state index in [1.54, 1.807) is 20.8 Å². The molecule has 1 aromatic heterocycles. The van der Waals surface area contributed by atoms with Crippen LogP contribution >= 0.6 is 0 Å². The topological polar surface area (TPSA) is 91.5 Å². The van der Waals surface area contributed by atoms with Crippen LogP contribution in [0.25, 0.3) is 11.4 Å². The summed E-state index contributed by atoms with van der Waals surface area (Å²) in [6, 6.07) is 5.64. The Labute approximate surface area is 144 Å². The van der Waals surface area contributed by atoms with E-state index in [0.717, 1.165) is 0 Å². The minimum Gasteiger partial charge on any atom is -0.457 e. The summed E-state index contributed by atoms with van der Waals surface area (Å²) in [5.74, 6) is -1.00. The zero-order valence-corrected chi connectivity index (χ0v) is 14.2. The molecule has 2 rings (SSSR count). The van der Waals surface area contributed by atoms with Gasteiger partial charge < -0.3 is 14.0 Å². The van der Waals surface area contributed by atoms with Crippen molar-refractivity contribution in [2.75, 3.05) is 6.61 Å². The summed E-state index contributed by atoms with van der Waals surface area (Å²) in [5, 5.41) is 3.77. The van der Waals surface area contributed by atoms with E-state index >= 15 is 0 Å². The molecule has 0 N–H and O–H groups in total. The molecule has 0 saturated carbocycles. The molecule has 0 saturated heterocycles. The number of carbonyl (C=O) groups is 2. The zero-order chi connectivity index (χ0) is 18.4. The number of nitrogens with zero attached hydrogens (tertiary/aromatic N) is 2. The van der Waals surface area contributed by atoms with E-state index in [9.17, 15) is 14.0 Å². The Morgan fingerprint density at radius 1 is 1.16 bits per heavy atom. The van der Waals surface area contributed by atoms with Crippen LogP contribution in [-0.2, 0) is 25.5 Å². The quantitative estimate of drug-likeness (QED) is 0.740. The maximum Gasteiger partial charge on any atom is 0.344 e. The van der Waals surface area contributed by atoms with Gasteiger partial charge in [-0.1, -0.05) is 5.16 Å². The molecular formula is C17H19FN2O5. The molecule has 0 amide bonds. The number of benzene rings is 1. The fourth-order valence-electron chi connectivity index (χ4n) is 1.86. The molecule has 0 aliphatic rings. The number of aryl methyl sites for hydroxylation is 1. The zero-order valence-electron chi connectivity index (χ0n) is 14.2. The monoisotopic (exact) mass is 350 g/mol. The van der Waals surface area contributed by atoms with E-state index in [1.165, 1.54) is 24.3 Å². The Morgan fingerprint density at radius 3 is 2.48 bits per heavy atom. The second-order valence-corrected chi connectivity index (χ2v) is 6.27. The van der Waals surface area contributed by atoms with Crippen LogP contribution in [0.2, 0.25) is 0 Å². The van der Waals surface area contributed by atoms with Crippen molar-refractivity contribution in [3.05, 3.63) is 36.0 Å². The molecule has 0 aliphatic carbocycles. The number of ether oxygens (including phenoxy) is 2. The highest BCUT2D eigenvalue weighted by Gasteiger charge is 2.18. The SMILES string of the molecule is CC(C)(C)OC(=O)COC(=O)CCc1nc(-c2ccc(F)cc2)no1. The van der Waals surface area contributed by atoms with Crippen molar-refractivity contribution in [3.63, 3.8) is 0 Å². The van der Waals surface area contributed by atoms with Gasteiger partial charge in [-0.2, -0.15) is 4.98 Å². The van der Waals surface area contributed by atoms with Crippen molar-refractivity contribution in [1.29, 1.82) is 0 Å². The molecule has 8 heteroatoms. The molecule has 1 heterocycles. The number of rotatable bonds is 6. The van der Waals surface area contributed by atoms with Crippen LogP contribution in [0.4, 0.5) is 4.39 Å².